The molecule has 0 aromatic carbocycles. The van der Waals surface area contributed by atoms with Crippen molar-refractivity contribution >= 4 is 60.8 Å². The summed E-state index contributed by atoms with van der Waals surface area (Å²) in [5.41, 5.74) is 0. The molecule has 0 aromatic heterocycles. The minimum Gasteiger partial charge on any atom is -0.547 e. The summed E-state index contributed by atoms with van der Waals surface area (Å²) in [7, 11) is 0. The molecule has 0 radical (unpaired) electrons. The van der Waals surface area contributed by atoms with E-state index in [-0.39, 0.29) is 61.7 Å². The minimum atomic E-state index is -1.40. The first-order chi connectivity index (χ1) is 6.36. The molecule has 0 fully saturated rings. The summed E-state index contributed by atoms with van der Waals surface area (Å²) in [5, 5.41) is 35.7. The summed E-state index contributed by atoms with van der Waals surface area (Å²) in [5.74, 6) is -2.80. The van der Waals surface area contributed by atoms with Gasteiger partial charge in [0.2, 0.25) is 0 Å². The van der Waals surface area contributed by atoms with Gasteiger partial charge in [-0.15, -0.1) is 0 Å². The third-order valence-corrected chi connectivity index (χ3v) is 1.32. The molecule has 0 saturated carbocycles. The van der Waals surface area contributed by atoms with Crippen LogP contribution in [0, 0.1) is 0 Å². The van der Waals surface area contributed by atoms with Gasteiger partial charge >= 0.3 is 48.9 Å². The molecule has 0 amide bonds. The van der Waals surface area contributed by atoms with Gasteiger partial charge in [0, 0.05) is 0 Å². The van der Waals surface area contributed by atoms with Crippen LogP contribution in [0.3, 0.4) is 0 Å². The van der Waals surface area contributed by atoms with Gasteiger partial charge in [0.25, 0.3) is 0 Å². The van der Waals surface area contributed by atoms with E-state index >= 15 is 0 Å². The van der Waals surface area contributed by atoms with Crippen molar-refractivity contribution in [2.24, 2.45) is 0 Å². The molecular formula is C8H14BaO6. The Hall–Kier alpha value is 0.431. The van der Waals surface area contributed by atoms with Gasteiger partial charge in [-0.1, -0.05) is 13.8 Å². The summed E-state index contributed by atoms with van der Waals surface area (Å²) in [6, 6.07) is 0. The summed E-state index contributed by atoms with van der Waals surface area (Å²) in [6.07, 6.45) is -2.16. The predicted octanol–water partition coefficient (Wildman–Crippen LogP) is -3.37. The van der Waals surface area contributed by atoms with Crippen molar-refractivity contribution in [3.05, 3.63) is 0 Å². The Bertz CT molecular complexity index is 164. The smallest absolute Gasteiger partial charge is 0.547 e. The van der Waals surface area contributed by atoms with E-state index in [0.29, 0.717) is 0 Å². The fourth-order valence-electron chi connectivity index (χ4n) is 0.333. The normalized spacial score (nSPS) is 12.5. The van der Waals surface area contributed by atoms with Crippen LogP contribution in [-0.4, -0.2) is 83.2 Å². The van der Waals surface area contributed by atoms with Crippen LogP contribution in [0.1, 0.15) is 26.7 Å². The molecule has 0 aliphatic heterocycles. The van der Waals surface area contributed by atoms with Gasteiger partial charge in [-0.05, 0) is 12.8 Å². The first-order valence-electron chi connectivity index (χ1n) is 4.14. The van der Waals surface area contributed by atoms with Crippen molar-refractivity contribution in [2.75, 3.05) is 0 Å². The Morgan fingerprint density at radius 3 is 1.20 bits per heavy atom. The maximum Gasteiger partial charge on any atom is 2.00 e. The first-order valence-corrected chi connectivity index (χ1v) is 4.14. The van der Waals surface area contributed by atoms with Crippen LogP contribution in [0.5, 0.6) is 0 Å². The number of rotatable bonds is 4. The molecular weight excluding hydrogens is 329 g/mol. The molecule has 15 heavy (non-hydrogen) atoms. The minimum absolute atomic E-state index is 0. The fourth-order valence-corrected chi connectivity index (χ4v) is 0.333. The fraction of sp³-hybridized carbons (Fsp3) is 0.750. The number of carbonyl (C=O) groups is 2. The number of carboxylic acids is 2. The van der Waals surface area contributed by atoms with Crippen molar-refractivity contribution < 1.29 is 30.0 Å². The zero-order valence-electron chi connectivity index (χ0n) is 8.80. The van der Waals surface area contributed by atoms with E-state index in [0.717, 1.165) is 0 Å². The topological polar surface area (TPSA) is 121 Å². The molecule has 0 bridgehead atoms. The summed E-state index contributed by atoms with van der Waals surface area (Å²) < 4.78 is 0. The number of aliphatic carboxylic acids is 2. The maximum atomic E-state index is 9.57. The molecule has 7 heteroatoms. The van der Waals surface area contributed by atoms with Crippen LogP contribution in [0.2, 0.25) is 0 Å². The van der Waals surface area contributed by atoms with Crippen LogP contribution in [-0.2, 0) is 9.59 Å². The number of aliphatic hydroxyl groups is 2. The van der Waals surface area contributed by atoms with Crippen molar-refractivity contribution in [1.82, 2.24) is 0 Å². The third-order valence-electron chi connectivity index (χ3n) is 1.32. The summed E-state index contributed by atoms with van der Waals surface area (Å²) in [4.78, 5) is 19.1. The molecule has 6 nitrogen and oxygen atoms in total. The Balaban J connectivity index is -0.000000180. The molecule has 0 heterocycles. The van der Waals surface area contributed by atoms with Gasteiger partial charge in [0.15, 0.2) is 0 Å². The average Bonchev–Trinajstić information content (AvgIpc) is 2.15. The Kier molecular flexibility index (Phi) is 17.3. The van der Waals surface area contributed by atoms with Crippen LogP contribution in [0.25, 0.3) is 0 Å². The summed E-state index contributed by atoms with van der Waals surface area (Å²) in [6.45, 7) is 3.14. The monoisotopic (exact) mass is 344 g/mol. The van der Waals surface area contributed by atoms with E-state index in [1.165, 1.54) is 0 Å². The molecule has 2 N–H and O–H groups in total. The van der Waals surface area contributed by atoms with E-state index in [9.17, 15) is 19.8 Å². The molecule has 0 rings (SSSR count). The largest absolute Gasteiger partial charge is 2.00 e. The van der Waals surface area contributed by atoms with Crippen molar-refractivity contribution in [3.8, 4) is 0 Å². The summed E-state index contributed by atoms with van der Waals surface area (Å²) >= 11 is 0. The van der Waals surface area contributed by atoms with Crippen molar-refractivity contribution in [2.45, 2.75) is 38.9 Å². The van der Waals surface area contributed by atoms with Gasteiger partial charge in [-0.2, -0.15) is 0 Å². The van der Waals surface area contributed by atoms with Crippen molar-refractivity contribution in [3.63, 3.8) is 0 Å². The van der Waals surface area contributed by atoms with Crippen LogP contribution < -0.4 is 10.2 Å². The SMILES string of the molecule is CC[C@H](O)C(=O)[O-].CC[C@H](O)C(=O)[O-].[Ba+2]. The van der Waals surface area contributed by atoms with E-state index < -0.39 is 24.1 Å². The Labute approximate surface area is 128 Å². The zero-order chi connectivity index (χ0) is 11.7. The molecule has 0 spiro atoms. The molecule has 0 aliphatic carbocycles. The van der Waals surface area contributed by atoms with E-state index in [4.69, 9.17) is 10.2 Å². The quantitative estimate of drug-likeness (QED) is 0.514. The third kappa shape index (κ3) is 14.4. The van der Waals surface area contributed by atoms with E-state index in [1.807, 2.05) is 0 Å². The average molecular weight is 344 g/mol. The van der Waals surface area contributed by atoms with E-state index in [2.05, 4.69) is 0 Å². The van der Waals surface area contributed by atoms with Crippen LogP contribution >= 0.6 is 0 Å². The van der Waals surface area contributed by atoms with Gasteiger partial charge in [-0.3, -0.25) is 0 Å². The number of carboxylic acid groups (broad SMARTS) is 2. The maximum absolute atomic E-state index is 9.57. The van der Waals surface area contributed by atoms with Crippen LogP contribution in [0.4, 0.5) is 0 Å². The second-order valence-corrected chi connectivity index (χ2v) is 2.49. The second-order valence-electron chi connectivity index (χ2n) is 2.49. The molecule has 2 atom stereocenters. The number of hydrogen-bond acceptors (Lipinski definition) is 6. The number of hydrogen-bond donors (Lipinski definition) is 2. The first kappa shape index (κ1) is 20.8. The van der Waals surface area contributed by atoms with Gasteiger partial charge < -0.3 is 30.0 Å². The van der Waals surface area contributed by atoms with Gasteiger partial charge in [-0.25, -0.2) is 0 Å². The molecule has 0 saturated heterocycles. The number of aliphatic hydroxyl groups excluding tert-OH is 2. The second kappa shape index (κ2) is 12.5. The van der Waals surface area contributed by atoms with Crippen molar-refractivity contribution in [1.29, 1.82) is 0 Å². The van der Waals surface area contributed by atoms with Gasteiger partial charge in [0.1, 0.15) is 0 Å². The molecule has 0 aliphatic rings. The molecule has 0 unspecified atom stereocenters. The predicted molar refractivity (Wildman–Crippen MR) is 48.4 cm³/mol. The molecule has 0 aromatic rings. The standard InChI is InChI=1S/2C4H8O3.Ba/c2*1-2-3(5)4(6)7;/h2*3,5H,2H2,1H3,(H,6,7);/q;;+2/p-2/t2*3-;/m00./s1. The number of carbonyl (C=O) groups excluding carboxylic acids is 2. The zero-order valence-corrected chi connectivity index (χ0v) is 13.2. The molecule has 84 valence electrons. The Morgan fingerprint density at radius 2 is 1.20 bits per heavy atom. The van der Waals surface area contributed by atoms with E-state index in [1.54, 1.807) is 13.8 Å². The Morgan fingerprint density at radius 1 is 1.00 bits per heavy atom. The van der Waals surface area contributed by atoms with Crippen LogP contribution in [0.15, 0.2) is 0 Å². The van der Waals surface area contributed by atoms with Gasteiger partial charge in [0.05, 0.1) is 24.1 Å².